The minimum Gasteiger partial charge on any atom is -0.497 e. The number of aromatic nitrogens is 3. The topological polar surface area (TPSA) is 154 Å². The smallest absolute Gasteiger partial charge is 0.423 e. The van der Waals surface area contributed by atoms with Crippen LogP contribution in [0.15, 0.2) is 47.5 Å². The molecular formula is C30H34F3N7O6. The van der Waals surface area contributed by atoms with Gasteiger partial charge in [0.1, 0.15) is 17.9 Å². The Bertz CT molecular complexity index is 1630. The summed E-state index contributed by atoms with van der Waals surface area (Å²) in [4.78, 5) is 45.3. The van der Waals surface area contributed by atoms with Crippen LogP contribution in [0.5, 0.6) is 11.5 Å². The van der Waals surface area contributed by atoms with Crippen molar-refractivity contribution in [1.82, 2.24) is 19.7 Å². The predicted octanol–water partition coefficient (Wildman–Crippen LogP) is 2.13. The van der Waals surface area contributed by atoms with Gasteiger partial charge >= 0.3 is 6.18 Å². The van der Waals surface area contributed by atoms with Crippen molar-refractivity contribution < 1.29 is 37.0 Å². The second-order valence-electron chi connectivity index (χ2n) is 11.0. The highest BCUT2D eigenvalue weighted by Gasteiger charge is 2.39. The average molecular weight is 646 g/mol. The Balaban J connectivity index is 1.11. The summed E-state index contributed by atoms with van der Waals surface area (Å²) >= 11 is 0. The molecule has 0 radical (unpaired) electrons. The fraction of sp³-hybridized carbons (Fsp3) is 0.433. The van der Waals surface area contributed by atoms with Crippen LogP contribution in [0.1, 0.15) is 34.8 Å². The van der Waals surface area contributed by atoms with Gasteiger partial charge in [-0.15, -0.1) is 0 Å². The van der Waals surface area contributed by atoms with E-state index in [0.717, 1.165) is 10.9 Å². The van der Waals surface area contributed by atoms with Crippen molar-refractivity contribution in [3.05, 3.63) is 69.8 Å². The first-order valence-corrected chi connectivity index (χ1v) is 14.6. The quantitative estimate of drug-likeness (QED) is 0.297. The van der Waals surface area contributed by atoms with Crippen molar-refractivity contribution >= 4 is 23.3 Å². The van der Waals surface area contributed by atoms with Crippen LogP contribution in [0.25, 0.3) is 0 Å². The summed E-state index contributed by atoms with van der Waals surface area (Å²) in [6, 6.07) is 7.38. The molecule has 1 fully saturated rings. The van der Waals surface area contributed by atoms with Crippen molar-refractivity contribution in [2.45, 2.75) is 38.1 Å². The lowest BCUT2D eigenvalue weighted by atomic mass is 10.1. The number of fused-ring (bicyclic) bond motifs is 3. The van der Waals surface area contributed by atoms with Gasteiger partial charge in [0.05, 0.1) is 56.8 Å². The number of methoxy groups -OCH3 is 1. The predicted molar refractivity (Wildman–Crippen MR) is 160 cm³/mol. The molecule has 0 saturated carbocycles. The van der Waals surface area contributed by atoms with Crippen molar-refractivity contribution in [3.8, 4) is 11.5 Å². The van der Waals surface area contributed by atoms with Gasteiger partial charge in [-0.25, -0.2) is 9.67 Å². The second-order valence-corrected chi connectivity index (χ2v) is 11.0. The van der Waals surface area contributed by atoms with Gasteiger partial charge in [0.25, 0.3) is 5.56 Å². The van der Waals surface area contributed by atoms with Crippen LogP contribution < -0.4 is 31.0 Å². The molecule has 2 amide bonds. The summed E-state index contributed by atoms with van der Waals surface area (Å²) in [5, 5.41) is 6.63. The van der Waals surface area contributed by atoms with Gasteiger partial charge < -0.3 is 35.1 Å². The van der Waals surface area contributed by atoms with E-state index in [2.05, 4.69) is 15.4 Å². The van der Waals surface area contributed by atoms with E-state index in [1.165, 1.54) is 13.3 Å². The van der Waals surface area contributed by atoms with E-state index >= 15 is 0 Å². The maximum absolute atomic E-state index is 14.0. The number of halogens is 3. The van der Waals surface area contributed by atoms with Gasteiger partial charge in [-0.3, -0.25) is 14.4 Å². The number of nitrogens with zero attached hydrogens (tertiary/aromatic N) is 5. The highest BCUT2D eigenvalue weighted by molar-refractivity contribution is 5.93. The fourth-order valence-corrected chi connectivity index (χ4v) is 5.36. The first-order chi connectivity index (χ1) is 21.9. The molecule has 4 heterocycles. The number of carbonyl (C=O) groups is 2. The van der Waals surface area contributed by atoms with Crippen LogP contribution in [-0.2, 0) is 22.3 Å². The third-order valence-corrected chi connectivity index (χ3v) is 7.70. The summed E-state index contributed by atoms with van der Waals surface area (Å²) in [7, 11) is 1.49. The minimum atomic E-state index is -4.92. The van der Waals surface area contributed by atoms with Crippen molar-refractivity contribution in [3.63, 3.8) is 0 Å². The van der Waals surface area contributed by atoms with Gasteiger partial charge in [-0.05, 0) is 30.7 Å². The number of rotatable bonds is 11. The summed E-state index contributed by atoms with van der Waals surface area (Å²) in [6.07, 6.45) is -2.47. The minimum absolute atomic E-state index is 0.0144. The van der Waals surface area contributed by atoms with Crippen LogP contribution in [0.3, 0.4) is 0 Å². The summed E-state index contributed by atoms with van der Waals surface area (Å²) < 4.78 is 59.1. The van der Waals surface area contributed by atoms with Crippen LogP contribution in [0.4, 0.5) is 24.7 Å². The van der Waals surface area contributed by atoms with Gasteiger partial charge in [0.2, 0.25) is 11.8 Å². The number of nitrogens with two attached hydrogens (primary N) is 1. The molecule has 1 saturated heterocycles. The zero-order valence-corrected chi connectivity index (χ0v) is 25.2. The molecule has 2 aromatic heterocycles. The van der Waals surface area contributed by atoms with Gasteiger partial charge in [0, 0.05) is 31.9 Å². The summed E-state index contributed by atoms with van der Waals surface area (Å²) in [5.74, 6) is 0.906. The SMILES string of the molecule is COc1ccc(Cn2ncc(N[C@@H](C)COCCC(=O)N3CCN4c5ncc(C(N)=O)cc5OCC4C3)c(C(F)(F)F)c2=O)cc1. The van der Waals surface area contributed by atoms with Crippen LogP contribution in [0, 0.1) is 0 Å². The van der Waals surface area contributed by atoms with E-state index in [-0.39, 0.29) is 43.7 Å². The number of piperazine rings is 1. The first kappa shape index (κ1) is 32.5. The largest absolute Gasteiger partial charge is 0.497 e. The van der Waals surface area contributed by atoms with E-state index in [0.29, 0.717) is 49.1 Å². The average Bonchev–Trinajstić information content (AvgIpc) is 3.03. The Morgan fingerprint density at radius 2 is 1.96 bits per heavy atom. The normalized spacial score (nSPS) is 16.6. The molecule has 16 heteroatoms. The molecule has 3 aromatic rings. The molecule has 5 rings (SSSR count). The standard InChI is InChI=1S/C30H34F3N7O6/c1-18(37-23-13-36-40(29(43)26(23)30(31,32)33)14-19-3-5-22(44-2)6-4-19)16-45-10-7-25(41)38-8-9-39-21(15-38)17-46-24-11-20(27(34)42)12-35-28(24)39/h3-6,11-13,18,21,37H,7-10,14-17H2,1-2H3,(H2,34,42)/t18-,21?/m0/s1. The van der Waals surface area contributed by atoms with Crippen molar-refractivity contribution in [1.29, 1.82) is 0 Å². The second kappa shape index (κ2) is 13.6. The highest BCUT2D eigenvalue weighted by Crippen LogP contribution is 2.34. The number of primary amides is 1. The van der Waals surface area contributed by atoms with E-state index in [1.807, 2.05) is 4.90 Å². The monoisotopic (exact) mass is 645 g/mol. The Hall–Kier alpha value is -4.86. The molecule has 0 spiro atoms. The Kier molecular flexibility index (Phi) is 9.65. The van der Waals surface area contributed by atoms with E-state index in [4.69, 9.17) is 19.9 Å². The Morgan fingerprint density at radius 3 is 2.65 bits per heavy atom. The molecule has 2 atom stereocenters. The first-order valence-electron chi connectivity index (χ1n) is 14.6. The number of hydrogen-bond acceptors (Lipinski definition) is 10. The molecule has 46 heavy (non-hydrogen) atoms. The number of ether oxygens (including phenoxy) is 3. The maximum atomic E-state index is 14.0. The van der Waals surface area contributed by atoms with Gasteiger partial charge in [-0.1, -0.05) is 12.1 Å². The van der Waals surface area contributed by atoms with Crippen LogP contribution in [0.2, 0.25) is 0 Å². The van der Waals surface area contributed by atoms with E-state index < -0.39 is 34.9 Å². The lowest BCUT2D eigenvalue weighted by Gasteiger charge is -2.44. The maximum Gasteiger partial charge on any atom is 0.423 e. The third kappa shape index (κ3) is 7.33. The Morgan fingerprint density at radius 1 is 1.20 bits per heavy atom. The van der Waals surface area contributed by atoms with Crippen LogP contribution in [-0.4, -0.2) is 90.1 Å². The number of amides is 2. The number of anilines is 2. The number of hydrogen-bond donors (Lipinski definition) is 2. The molecule has 1 unspecified atom stereocenters. The number of nitrogens with one attached hydrogen (secondary N) is 1. The number of alkyl halides is 3. The van der Waals surface area contributed by atoms with Crippen LogP contribution >= 0.6 is 0 Å². The molecule has 1 aromatic carbocycles. The molecule has 3 N–H and O–H groups in total. The number of pyridine rings is 1. The number of carbonyl (C=O) groups excluding carboxylic acids is 2. The Labute approximate surface area is 262 Å². The lowest BCUT2D eigenvalue weighted by molar-refractivity contribution is -0.138. The molecule has 246 valence electrons. The van der Waals surface area contributed by atoms with E-state index in [1.54, 1.807) is 42.2 Å². The molecule has 0 aliphatic carbocycles. The zero-order chi connectivity index (χ0) is 33.0. The van der Waals surface area contributed by atoms with Gasteiger partial charge in [0.15, 0.2) is 11.6 Å². The van der Waals surface area contributed by atoms with Crippen molar-refractivity contribution in [2.24, 2.45) is 5.73 Å². The molecule has 2 aliphatic rings. The molecule has 2 aliphatic heterocycles. The highest BCUT2D eigenvalue weighted by atomic mass is 19.4. The number of benzene rings is 1. The summed E-state index contributed by atoms with van der Waals surface area (Å²) in [5.41, 5.74) is 3.08. The molecule has 0 bridgehead atoms. The van der Waals surface area contributed by atoms with Crippen molar-refractivity contribution in [2.75, 3.05) is 56.8 Å². The van der Waals surface area contributed by atoms with E-state index in [9.17, 15) is 27.6 Å². The summed E-state index contributed by atoms with van der Waals surface area (Å²) in [6.45, 7) is 3.18. The molecular weight excluding hydrogens is 611 g/mol. The fourth-order valence-electron chi connectivity index (χ4n) is 5.36. The third-order valence-electron chi connectivity index (χ3n) is 7.70. The molecule has 13 nitrogen and oxygen atoms in total. The lowest BCUT2D eigenvalue weighted by Crippen LogP contribution is -2.58. The zero-order valence-electron chi connectivity index (χ0n) is 25.2. The van der Waals surface area contributed by atoms with Gasteiger partial charge in [-0.2, -0.15) is 18.3 Å².